The second kappa shape index (κ2) is 8.06. The topological polar surface area (TPSA) is 75.5 Å². The maximum absolute atomic E-state index is 12.0. The number of nitro groups is 1. The highest BCUT2D eigenvalue weighted by atomic mass is 16.6. The summed E-state index contributed by atoms with van der Waals surface area (Å²) in [4.78, 5) is 24.7. The number of benzene rings is 1. The summed E-state index contributed by atoms with van der Waals surface area (Å²) in [6, 6.07) is 5.82. The molecule has 1 saturated heterocycles. The van der Waals surface area contributed by atoms with E-state index in [4.69, 9.17) is 0 Å². The lowest BCUT2D eigenvalue weighted by atomic mass is 9.92. The van der Waals surface area contributed by atoms with Gasteiger partial charge in [-0.25, -0.2) is 0 Å². The number of hydrogen-bond acceptors (Lipinski definition) is 4. The highest BCUT2D eigenvalue weighted by molar-refractivity contribution is 5.94. The summed E-state index contributed by atoms with van der Waals surface area (Å²) in [5.41, 5.74) is 0.272. The minimum atomic E-state index is -0.491. The van der Waals surface area contributed by atoms with E-state index in [9.17, 15) is 14.9 Å². The fourth-order valence-corrected chi connectivity index (χ4v) is 3.34. The van der Waals surface area contributed by atoms with E-state index in [0.29, 0.717) is 12.1 Å². The van der Waals surface area contributed by atoms with Crippen molar-refractivity contribution < 1.29 is 9.72 Å². The number of piperidine rings is 1. The van der Waals surface area contributed by atoms with Crippen molar-refractivity contribution in [3.63, 3.8) is 0 Å². The van der Waals surface area contributed by atoms with Gasteiger partial charge in [0.25, 0.3) is 11.6 Å². The van der Waals surface area contributed by atoms with E-state index in [0.717, 1.165) is 37.9 Å². The normalized spacial score (nSPS) is 21.8. The quantitative estimate of drug-likeness (QED) is 0.497. The van der Waals surface area contributed by atoms with Gasteiger partial charge in [0.2, 0.25) is 0 Å². The molecular formula is C17H25N3O3. The average Bonchev–Trinajstić information content (AvgIpc) is 2.50. The van der Waals surface area contributed by atoms with Gasteiger partial charge in [0.05, 0.1) is 4.92 Å². The average molecular weight is 319 g/mol. The molecule has 0 saturated carbocycles. The van der Waals surface area contributed by atoms with Gasteiger partial charge in [-0.15, -0.1) is 0 Å². The Bertz CT molecular complexity index is 552. The van der Waals surface area contributed by atoms with Gasteiger partial charge in [0.1, 0.15) is 0 Å². The number of non-ortho nitro benzene ring substituents is 1. The molecule has 2 unspecified atom stereocenters. The van der Waals surface area contributed by atoms with E-state index in [-0.39, 0.29) is 11.6 Å². The third-order valence-electron chi connectivity index (χ3n) is 4.20. The summed E-state index contributed by atoms with van der Waals surface area (Å²) in [5.74, 6) is 1.21. The lowest BCUT2D eigenvalue weighted by molar-refractivity contribution is -0.384. The summed E-state index contributed by atoms with van der Waals surface area (Å²) < 4.78 is 0. The van der Waals surface area contributed by atoms with Crippen LogP contribution in [0.1, 0.15) is 37.0 Å². The van der Waals surface area contributed by atoms with Crippen molar-refractivity contribution in [3.05, 3.63) is 39.9 Å². The van der Waals surface area contributed by atoms with Crippen molar-refractivity contribution in [1.29, 1.82) is 0 Å². The molecule has 23 heavy (non-hydrogen) atoms. The largest absolute Gasteiger partial charge is 0.352 e. The van der Waals surface area contributed by atoms with E-state index in [2.05, 4.69) is 24.1 Å². The van der Waals surface area contributed by atoms with E-state index in [1.54, 1.807) is 6.07 Å². The number of carbonyl (C=O) groups is 1. The number of rotatable bonds is 6. The number of carbonyl (C=O) groups excluding carboxylic acids is 1. The van der Waals surface area contributed by atoms with Crippen LogP contribution in [0.15, 0.2) is 24.3 Å². The summed E-state index contributed by atoms with van der Waals surface area (Å²) in [7, 11) is 0. The first-order valence-corrected chi connectivity index (χ1v) is 8.20. The molecule has 0 aliphatic carbocycles. The molecule has 6 nitrogen and oxygen atoms in total. The standard InChI is InChI=1S/C17H25N3O3/c1-13-9-14(2)12-19(11-13)8-4-7-18-17(21)15-5-3-6-16(10-15)20(22)23/h3,5-6,10,13-14H,4,7-9,11-12H2,1-2H3,(H,18,21). The molecule has 0 bridgehead atoms. The van der Waals surface area contributed by atoms with E-state index < -0.39 is 4.92 Å². The Labute approximate surface area is 137 Å². The van der Waals surface area contributed by atoms with Crippen LogP contribution >= 0.6 is 0 Å². The van der Waals surface area contributed by atoms with Crippen molar-refractivity contribution in [3.8, 4) is 0 Å². The molecule has 1 aromatic carbocycles. The Hall–Kier alpha value is -1.95. The zero-order valence-corrected chi connectivity index (χ0v) is 13.8. The Morgan fingerprint density at radius 2 is 2.04 bits per heavy atom. The molecule has 1 aromatic rings. The first-order valence-electron chi connectivity index (χ1n) is 8.20. The number of amides is 1. The first kappa shape index (κ1) is 17.4. The Morgan fingerprint density at radius 3 is 2.70 bits per heavy atom. The van der Waals surface area contributed by atoms with Crippen LogP contribution in [0, 0.1) is 22.0 Å². The monoisotopic (exact) mass is 319 g/mol. The van der Waals surface area contributed by atoms with Crippen LogP contribution in [0.4, 0.5) is 5.69 Å². The lowest BCUT2D eigenvalue weighted by Crippen LogP contribution is -2.40. The highest BCUT2D eigenvalue weighted by Crippen LogP contribution is 2.20. The predicted molar refractivity (Wildman–Crippen MR) is 89.4 cm³/mol. The second-order valence-electron chi connectivity index (χ2n) is 6.62. The van der Waals surface area contributed by atoms with Gasteiger partial charge in [-0.2, -0.15) is 0 Å². The predicted octanol–water partition coefficient (Wildman–Crippen LogP) is 2.69. The Morgan fingerprint density at radius 1 is 1.35 bits per heavy atom. The molecule has 2 atom stereocenters. The van der Waals surface area contributed by atoms with Gasteiger partial charge in [-0.05, 0) is 37.3 Å². The molecule has 1 aliphatic heterocycles. The summed E-state index contributed by atoms with van der Waals surface area (Å²) in [6.07, 6.45) is 2.18. The SMILES string of the molecule is CC1CC(C)CN(CCCNC(=O)c2cccc([N+](=O)[O-])c2)C1. The van der Waals surface area contributed by atoms with Crippen molar-refractivity contribution in [2.75, 3.05) is 26.2 Å². The van der Waals surface area contributed by atoms with Crippen molar-refractivity contribution in [2.45, 2.75) is 26.7 Å². The third-order valence-corrected chi connectivity index (χ3v) is 4.20. The van der Waals surface area contributed by atoms with E-state index >= 15 is 0 Å². The molecule has 1 heterocycles. The summed E-state index contributed by atoms with van der Waals surface area (Å²) >= 11 is 0. The first-order chi connectivity index (χ1) is 11.0. The van der Waals surface area contributed by atoms with Crippen LogP contribution < -0.4 is 5.32 Å². The maximum Gasteiger partial charge on any atom is 0.270 e. The van der Waals surface area contributed by atoms with Gasteiger partial charge in [-0.3, -0.25) is 14.9 Å². The molecule has 0 aromatic heterocycles. The van der Waals surface area contributed by atoms with E-state index in [1.807, 2.05) is 0 Å². The maximum atomic E-state index is 12.0. The lowest BCUT2D eigenvalue weighted by Gasteiger charge is -2.34. The number of hydrogen-bond donors (Lipinski definition) is 1. The molecule has 0 radical (unpaired) electrons. The van der Waals surface area contributed by atoms with Crippen LogP contribution in [-0.2, 0) is 0 Å². The van der Waals surface area contributed by atoms with Gasteiger partial charge < -0.3 is 10.2 Å². The number of likely N-dealkylation sites (tertiary alicyclic amines) is 1. The van der Waals surface area contributed by atoms with Crippen LogP contribution in [-0.4, -0.2) is 41.9 Å². The van der Waals surface area contributed by atoms with Crippen molar-refractivity contribution in [2.24, 2.45) is 11.8 Å². The van der Waals surface area contributed by atoms with Gasteiger partial charge in [0, 0.05) is 37.3 Å². The van der Waals surface area contributed by atoms with Gasteiger partial charge in [0.15, 0.2) is 0 Å². The fourth-order valence-electron chi connectivity index (χ4n) is 3.34. The minimum Gasteiger partial charge on any atom is -0.352 e. The summed E-state index contributed by atoms with van der Waals surface area (Å²) in [6.45, 7) is 8.39. The number of nitrogens with one attached hydrogen (secondary N) is 1. The van der Waals surface area contributed by atoms with Crippen molar-refractivity contribution in [1.82, 2.24) is 10.2 Å². The van der Waals surface area contributed by atoms with Crippen LogP contribution in [0.2, 0.25) is 0 Å². The molecule has 1 amide bonds. The Balaban J connectivity index is 1.74. The highest BCUT2D eigenvalue weighted by Gasteiger charge is 2.21. The zero-order valence-electron chi connectivity index (χ0n) is 13.8. The van der Waals surface area contributed by atoms with Gasteiger partial charge in [-0.1, -0.05) is 19.9 Å². The molecule has 1 N–H and O–H groups in total. The second-order valence-corrected chi connectivity index (χ2v) is 6.62. The molecule has 1 aliphatic rings. The minimum absolute atomic E-state index is 0.0612. The molecule has 6 heteroatoms. The molecule has 0 spiro atoms. The number of nitro benzene ring substituents is 1. The molecule has 1 fully saturated rings. The Kier molecular flexibility index (Phi) is 6.10. The smallest absolute Gasteiger partial charge is 0.270 e. The molecule has 126 valence electrons. The van der Waals surface area contributed by atoms with Crippen LogP contribution in [0.5, 0.6) is 0 Å². The van der Waals surface area contributed by atoms with Crippen LogP contribution in [0.25, 0.3) is 0 Å². The third kappa shape index (κ3) is 5.32. The molecule has 2 rings (SSSR count). The molecular weight excluding hydrogens is 294 g/mol. The fraction of sp³-hybridized carbons (Fsp3) is 0.588. The van der Waals surface area contributed by atoms with Crippen molar-refractivity contribution >= 4 is 11.6 Å². The zero-order chi connectivity index (χ0) is 16.8. The number of nitrogens with zero attached hydrogens (tertiary/aromatic N) is 2. The van der Waals surface area contributed by atoms with E-state index in [1.165, 1.54) is 24.6 Å². The van der Waals surface area contributed by atoms with Gasteiger partial charge >= 0.3 is 0 Å². The van der Waals surface area contributed by atoms with Crippen LogP contribution in [0.3, 0.4) is 0 Å². The summed E-state index contributed by atoms with van der Waals surface area (Å²) in [5, 5.41) is 13.6.